The Morgan fingerprint density at radius 1 is 1.30 bits per heavy atom. The first kappa shape index (κ1) is 18.0. The lowest BCUT2D eigenvalue weighted by Crippen LogP contribution is -3.00. The van der Waals surface area contributed by atoms with E-state index in [-0.39, 0.29) is 17.7 Å². The van der Waals surface area contributed by atoms with Crippen molar-refractivity contribution in [3.05, 3.63) is 58.8 Å². The number of hydrogen-bond donors (Lipinski definition) is 2. The van der Waals surface area contributed by atoms with Crippen LogP contribution in [0.25, 0.3) is 11.6 Å². The third-order valence-electron chi connectivity index (χ3n) is 4.41. The summed E-state index contributed by atoms with van der Waals surface area (Å²) >= 11 is 0. The van der Waals surface area contributed by atoms with Gasteiger partial charge in [0.05, 0.1) is 24.1 Å². The first-order valence-corrected chi connectivity index (χ1v) is 10.5. The van der Waals surface area contributed by atoms with Crippen LogP contribution in [-0.4, -0.2) is 40.5 Å². The van der Waals surface area contributed by atoms with Gasteiger partial charge in [-0.25, -0.2) is 8.42 Å². The molecule has 7 nitrogen and oxygen atoms in total. The summed E-state index contributed by atoms with van der Waals surface area (Å²) in [5, 5.41) is 12.5. The van der Waals surface area contributed by atoms with E-state index in [4.69, 9.17) is 9.47 Å². The first-order valence-electron chi connectivity index (χ1n) is 8.59. The van der Waals surface area contributed by atoms with Crippen molar-refractivity contribution in [2.45, 2.75) is 6.10 Å². The van der Waals surface area contributed by atoms with Gasteiger partial charge in [0.25, 0.3) is 0 Å². The molecule has 2 aromatic carbocycles. The first-order chi connectivity index (χ1) is 12.9. The fourth-order valence-corrected chi connectivity index (χ4v) is 3.73. The van der Waals surface area contributed by atoms with Gasteiger partial charge in [-0.3, -0.25) is 4.72 Å². The van der Waals surface area contributed by atoms with Gasteiger partial charge in [-0.05, 0) is 23.8 Å². The Bertz CT molecular complexity index is 999. The van der Waals surface area contributed by atoms with E-state index in [1.807, 2.05) is 30.3 Å². The van der Waals surface area contributed by atoms with E-state index in [9.17, 15) is 13.6 Å². The summed E-state index contributed by atoms with van der Waals surface area (Å²) < 4.78 is 36.8. The molecule has 27 heavy (non-hydrogen) atoms. The van der Waals surface area contributed by atoms with Crippen molar-refractivity contribution in [3.63, 3.8) is 0 Å². The Hall–Kier alpha value is -2.39. The summed E-state index contributed by atoms with van der Waals surface area (Å²) in [6, 6.07) is 12.5. The fraction of sp³-hybridized carbons (Fsp3) is 0.263. The van der Waals surface area contributed by atoms with E-state index in [2.05, 4.69) is 4.72 Å². The zero-order chi connectivity index (χ0) is 19.0. The molecule has 2 N–H and O–H groups in total. The van der Waals surface area contributed by atoms with Gasteiger partial charge in [0, 0.05) is 11.6 Å². The molecule has 0 amide bonds. The van der Waals surface area contributed by atoms with Gasteiger partial charge in [0.2, 0.25) is 10.0 Å². The van der Waals surface area contributed by atoms with Crippen LogP contribution in [0.2, 0.25) is 0 Å². The Morgan fingerprint density at radius 2 is 2.07 bits per heavy atom. The normalized spacial score (nSPS) is 22.5. The van der Waals surface area contributed by atoms with Crippen molar-refractivity contribution in [1.82, 2.24) is 0 Å². The summed E-state index contributed by atoms with van der Waals surface area (Å²) in [7, 11) is -3.41. The second-order valence-corrected chi connectivity index (χ2v) is 8.42. The highest BCUT2D eigenvalue weighted by Crippen LogP contribution is 2.36. The molecule has 4 rings (SSSR count). The van der Waals surface area contributed by atoms with E-state index < -0.39 is 10.0 Å². The minimum absolute atomic E-state index is 0.0259. The third kappa shape index (κ3) is 4.14. The Morgan fingerprint density at radius 3 is 2.81 bits per heavy atom. The summed E-state index contributed by atoms with van der Waals surface area (Å²) in [6.45, 7) is 1.40. The van der Waals surface area contributed by atoms with E-state index in [1.165, 1.54) is 0 Å². The number of ether oxygens (including phenoxy) is 2. The number of quaternary nitrogens is 1. The minimum Gasteiger partial charge on any atom is -0.629 e. The molecule has 2 heterocycles. The summed E-state index contributed by atoms with van der Waals surface area (Å²) in [5.41, 5.74) is 3.38. The predicted octanol–water partition coefficient (Wildman–Crippen LogP) is 1.40. The van der Waals surface area contributed by atoms with E-state index in [0.29, 0.717) is 35.9 Å². The standard InChI is InChI=1S/C19H20N2O5S/c1-27(23,24)20-16-6-3-2-5-13(16)9-14-10-21(22)17-7-4-8-18(19(14)17)26-12-15-11-25-15/h2-9,15,20-21H,10-12H2,1H3. The second-order valence-electron chi connectivity index (χ2n) is 6.68. The molecular weight excluding hydrogens is 368 g/mol. The maximum atomic E-state index is 12.4. The Labute approximate surface area is 157 Å². The molecule has 1 saturated heterocycles. The van der Waals surface area contributed by atoms with Gasteiger partial charge in [0.1, 0.15) is 30.7 Å². The van der Waals surface area contributed by atoms with Crippen LogP contribution in [0, 0.1) is 5.21 Å². The fourth-order valence-electron chi connectivity index (χ4n) is 3.15. The molecule has 0 aliphatic carbocycles. The molecule has 0 saturated carbocycles. The number of benzene rings is 2. The maximum Gasteiger partial charge on any atom is 0.229 e. The van der Waals surface area contributed by atoms with Crippen LogP contribution in [0.1, 0.15) is 11.1 Å². The van der Waals surface area contributed by atoms with Crippen LogP contribution in [0.15, 0.2) is 42.5 Å². The maximum absolute atomic E-state index is 12.4. The van der Waals surface area contributed by atoms with Gasteiger partial charge in [0.15, 0.2) is 0 Å². The Balaban J connectivity index is 1.72. The molecule has 2 aliphatic heterocycles. The van der Waals surface area contributed by atoms with Gasteiger partial charge in [-0.2, -0.15) is 0 Å². The van der Waals surface area contributed by atoms with Gasteiger partial charge < -0.3 is 19.7 Å². The minimum atomic E-state index is -3.41. The molecule has 8 heteroatoms. The number of epoxide rings is 1. The van der Waals surface area contributed by atoms with E-state index in [1.54, 1.807) is 18.2 Å². The van der Waals surface area contributed by atoms with E-state index in [0.717, 1.165) is 17.4 Å². The van der Waals surface area contributed by atoms with Gasteiger partial charge >= 0.3 is 0 Å². The molecule has 0 aromatic heterocycles. The van der Waals surface area contributed by atoms with Crippen molar-refractivity contribution in [3.8, 4) is 5.75 Å². The van der Waals surface area contributed by atoms with Crippen molar-refractivity contribution in [1.29, 1.82) is 0 Å². The summed E-state index contributed by atoms with van der Waals surface area (Å²) in [6.07, 6.45) is 3.07. The number of hydrogen-bond acceptors (Lipinski definition) is 5. The van der Waals surface area contributed by atoms with Crippen LogP contribution < -0.4 is 14.5 Å². The molecule has 142 valence electrons. The smallest absolute Gasteiger partial charge is 0.229 e. The van der Waals surface area contributed by atoms with Crippen LogP contribution in [0.5, 0.6) is 5.75 Å². The topological polar surface area (TPSA) is 95.4 Å². The van der Waals surface area contributed by atoms with E-state index >= 15 is 0 Å². The molecule has 2 atom stereocenters. The van der Waals surface area contributed by atoms with Crippen molar-refractivity contribution in [2.24, 2.45) is 0 Å². The third-order valence-corrected chi connectivity index (χ3v) is 5.00. The molecule has 2 aromatic rings. The monoisotopic (exact) mass is 388 g/mol. The largest absolute Gasteiger partial charge is 0.629 e. The average molecular weight is 388 g/mol. The highest BCUT2D eigenvalue weighted by molar-refractivity contribution is 7.92. The highest BCUT2D eigenvalue weighted by Gasteiger charge is 2.29. The second kappa shape index (κ2) is 6.97. The number of nitrogens with one attached hydrogen (secondary N) is 2. The number of hydroxylamine groups is 1. The molecule has 0 spiro atoms. The van der Waals surface area contributed by atoms with Crippen LogP contribution in [0.3, 0.4) is 0 Å². The highest BCUT2D eigenvalue weighted by atomic mass is 32.2. The predicted molar refractivity (Wildman–Crippen MR) is 103 cm³/mol. The molecule has 1 fully saturated rings. The molecule has 0 bridgehead atoms. The zero-order valence-electron chi connectivity index (χ0n) is 14.8. The van der Waals surface area contributed by atoms with Crippen LogP contribution in [-0.2, 0) is 14.8 Å². The number of rotatable bonds is 6. The quantitative estimate of drug-likeness (QED) is 0.576. The number of fused-ring (bicyclic) bond motifs is 1. The molecule has 2 aliphatic rings. The molecule has 0 radical (unpaired) electrons. The Kier molecular flexibility index (Phi) is 4.65. The lowest BCUT2D eigenvalue weighted by Gasteiger charge is -2.15. The SMILES string of the molecule is CS(=O)(=O)Nc1ccccc1C=C1C[NH+]([O-])c2cccc(OCC3CO3)c21. The van der Waals surface area contributed by atoms with Gasteiger partial charge in [-0.1, -0.05) is 24.3 Å². The van der Waals surface area contributed by atoms with Crippen molar-refractivity contribution >= 4 is 33.0 Å². The average Bonchev–Trinajstić information content (AvgIpc) is 3.38. The zero-order valence-corrected chi connectivity index (χ0v) is 15.6. The van der Waals surface area contributed by atoms with Crippen LogP contribution >= 0.6 is 0 Å². The van der Waals surface area contributed by atoms with Gasteiger partial charge in [-0.15, -0.1) is 0 Å². The molecular formula is C19H20N2O5S. The summed E-state index contributed by atoms with van der Waals surface area (Å²) in [4.78, 5) is 0. The van der Waals surface area contributed by atoms with Crippen LogP contribution in [0.4, 0.5) is 11.4 Å². The lowest BCUT2D eigenvalue weighted by atomic mass is 10.0. The number of anilines is 1. The number of para-hydroxylation sites is 1. The van der Waals surface area contributed by atoms with Crippen molar-refractivity contribution in [2.75, 3.05) is 30.7 Å². The number of sulfonamides is 1. The lowest BCUT2D eigenvalue weighted by molar-refractivity contribution is -0.762. The van der Waals surface area contributed by atoms with Crippen molar-refractivity contribution < 1.29 is 23.0 Å². The summed E-state index contributed by atoms with van der Waals surface area (Å²) in [5.74, 6) is 0.647. The molecule has 2 unspecified atom stereocenters.